The molecule has 3 aromatic rings. The summed E-state index contributed by atoms with van der Waals surface area (Å²) >= 11 is 0. The van der Waals surface area contributed by atoms with E-state index in [1.54, 1.807) is 6.07 Å². The van der Waals surface area contributed by atoms with E-state index < -0.39 is 6.10 Å². The lowest BCUT2D eigenvalue weighted by Crippen LogP contribution is -2.47. The average Bonchev–Trinajstić information content (AvgIpc) is 3.95. The lowest BCUT2D eigenvalue weighted by atomic mass is 9.65. The number of rotatable bonds is 19. The number of phenolic OH excluding ortho intramolecular Hbond substituents is 1. The van der Waals surface area contributed by atoms with Crippen LogP contribution in [0.5, 0.6) is 11.5 Å². The molecule has 2 saturated carbocycles. The van der Waals surface area contributed by atoms with Gasteiger partial charge in [0.05, 0.1) is 18.8 Å². The van der Waals surface area contributed by atoms with Crippen molar-refractivity contribution < 1.29 is 24.5 Å². The monoisotopic (exact) mass is 719 g/mol. The highest BCUT2D eigenvalue weighted by Gasteiger charge is 2.53. The summed E-state index contributed by atoms with van der Waals surface area (Å²) < 4.78 is 12.6. The number of benzene rings is 1. The van der Waals surface area contributed by atoms with Crippen LogP contribution in [0.2, 0.25) is 0 Å². The van der Waals surface area contributed by atoms with Gasteiger partial charge in [0.25, 0.3) is 0 Å². The first kappa shape index (κ1) is 38.9. The number of aromatic nitrogens is 1. The number of furan rings is 1. The number of aromatic amines is 1. The Labute approximate surface area is 311 Å². The van der Waals surface area contributed by atoms with E-state index in [9.17, 15) is 15.3 Å². The molecule has 9 nitrogen and oxygen atoms in total. The van der Waals surface area contributed by atoms with E-state index in [0.29, 0.717) is 42.6 Å². The van der Waals surface area contributed by atoms with Gasteiger partial charge in [-0.2, -0.15) is 0 Å². The second-order valence-corrected chi connectivity index (χ2v) is 16.2. The molecule has 2 heterocycles. The first-order chi connectivity index (χ1) is 25.3. The number of H-pyrrole nitrogens is 1. The summed E-state index contributed by atoms with van der Waals surface area (Å²) in [4.78, 5) is 3.98. The molecule has 2 aromatic heterocycles. The lowest BCUT2D eigenvalue weighted by molar-refractivity contribution is 0.107. The molecule has 2 fully saturated rings. The number of aryl methyl sites for hydroxylation is 3. The van der Waals surface area contributed by atoms with E-state index in [0.717, 1.165) is 79.5 Å². The van der Waals surface area contributed by atoms with Crippen LogP contribution in [0.1, 0.15) is 130 Å². The van der Waals surface area contributed by atoms with Gasteiger partial charge in [-0.1, -0.05) is 45.6 Å². The zero-order chi connectivity index (χ0) is 36.7. The van der Waals surface area contributed by atoms with Gasteiger partial charge < -0.3 is 45.4 Å². The van der Waals surface area contributed by atoms with E-state index in [4.69, 9.17) is 9.15 Å². The van der Waals surface area contributed by atoms with Gasteiger partial charge in [-0.25, -0.2) is 0 Å². The highest BCUT2D eigenvalue weighted by atomic mass is 16.5. The Bertz CT molecular complexity index is 1560. The summed E-state index contributed by atoms with van der Waals surface area (Å²) in [6.45, 7) is 8.76. The van der Waals surface area contributed by atoms with Crippen molar-refractivity contribution >= 4 is 0 Å². The molecule has 288 valence electrons. The third-order valence-corrected chi connectivity index (χ3v) is 12.6. The van der Waals surface area contributed by atoms with Crippen molar-refractivity contribution in [2.45, 2.75) is 135 Å². The van der Waals surface area contributed by atoms with Crippen molar-refractivity contribution in [3.8, 4) is 11.5 Å². The maximum absolute atomic E-state index is 10.9. The highest BCUT2D eigenvalue weighted by molar-refractivity contribution is 5.42. The third-order valence-electron chi connectivity index (χ3n) is 12.6. The molecule has 7 N–H and O–H groups in total. The van der Waals surface area contributed by atoms with Crippen molar-refractivity contribution in [3.05, 3.63) is 69.9 Å². The number of phenols is 1. The molecule has 0 amide bonds. The molecule has 0 radical (unpaired) electrons. The molecule has 1 aromatic carbocycles. The van der Waals surface area contributed by atoms with Crippen LogP contribution in [0.3, 0.4) is 0 Å². The number of ether oxygens (including phenoxy) is 1. The van der Waals surface area contributed by atoms with Crippen molar-refractivity contribution in [2.75, 3.05) is 33.3 Å². The van der Waals surface area contributed by atoms with Gasteiger partial charge in [-0.3, -0.25) is 0 Å². The molecule has 0 bridgehead atoms. The molecule has 9 heteroatoms. The fourth-order valence-corrected chi connectivity index (χ4v) is 10.2. The van der Waals surface area contributed by atoms with Gasteiger partial charge in [0.15, 0.2) is 11.5 Å². The summed E-state index contributed by atoms with van der Waals surface area (Å²) in [5.74, 6) is 4.12. The number of nitrogens with one attached hydrogen (secondary N) is 4. The molecule has 6 atom stereocenters. The smallest absolute Gasteiger partial charge is 0.161 e. The molecule has 1 spiro atoms. The van der Waals surface area contributed by atoms with Crippen molar-refractivity contribution in [2.24, 2.45) is 17.3 Å². The predicted molar refractivity (Wildman–Crippen MR) is 207 cm³/mol. The van der Waals surface area contributed by atoms with Crippen LogP contribution in [0.4, 0.5) is 0 Å². The fourth-order valence-electron chi connectivity index (χ4n) is 10.2. The van der Waals surface area contributed by atoms with Crippen molar-refractivity contribution in [1.82, 2.24) is 20.9 Å². The Balaban J connectivity index is 1.23. The Kier molecular flexibility index (Phi) is 13.5. The molecular weight excluding hydrogens is 652 g/mol. The minimum Gasteiger partial charge on any atom is -0.504 e. The van der Waals surface area contributed by atoms with E-state index >= 15 is 0 Å². The second kappa shape index (κ2) is 18.0. The number of hydrogen-bond donors (Lipinski definition) is 7. The van der Waals surface area contributed by atoms with Crippen LogP contribution in [0.15, 0.2) is 34.7 Å². The Hall–Kier alpha value is -2.82. The highest BCUT2D eigenvalue weighted by Crippen LogP contribution is 2.60. The molecule has 0 aliphatic heterocycles. The van der Waals surface area contributed by atoms with Crippen LogP contribution < -0.4 is 20.7 Å². The van der Waals surface area contributed by atoms with Gasteiger partial charge in [0, 0.05) is 54.8 Å². The van der Waals surface area contributed by atoms with E-state index in [2.05, 4.69) is 40.8 Å². The maximum Gasteiger partial charge on any atom is 0.161 e. The molecule has 6 rings (SSSR count). The summed E-state index contributed by atoms with van der Waals surface area (Å²) in [7, 11) is 2.04. The van der Waals surface area contributed by atoms with Gasteiger partial charge >= 0.3 is 0 Å². The largest absolute Gasteiger partial charge is 0.504 e. The molecule has 3 aliphatic carbocycles. The van der Waals surface area contributed by atoms with Gasteiger partial charge in [-0.05, 0) is 118 Å². The zero-order valence-corrected chi connectivity index (χ0v) is 32.2. The number of hydrogen-bond acceptors (Lipinski definition) is 8. The normalized spacial score (nSPS) is 22.6. The van der Waals surface area contributed by atoms with Crippen LogP contribution in [-0.4, -0.2) is 65.7 Å². The fraction of sp³-hybridized carbons (Fsp3) is 0.674. The molecule has 6 unspecified atom stereocenters. The van der Waals surface area contributed by atoms with Crippen molar-refractivity contribution in [3.63, 3.8) is 0 Å². The first-order valence-corrected chi connectivity index (χ1v) is 20.5. The van der Waals surface area contributed by atoms with E-state index in [1.807, 2.05) is 32.2 Å². The molecule has 3 aliphatic rings. The third kappa shape index (κ3) is 8.76. The second-order valence-electron chi connectivity index (χ2n) is 16.2. The van der Waals surface area contributed by atoms with Gasteiger partial charge in [-0.15, -0.1) is 0 Å². The number of aliphatic hydroxyl groups excluding tert-OH is 2. The number of fused-ring (bicyclic) bond motifs is 3. The Morgan fingerprint density at radius 1 is 1.02 bits per heavy atom. The average molecular weight is 719 g/mol. The minimum atomic E-state index is -0.398. The zero-order valence-electron chi connectivity index (χ0n) is 32.2. The van der Waals surface area contributed by atoms with E-state index in [-0.39, 0.29) is 24.4 Å². The van der Waals surface area contributed by atoms with Crippen LogP contribution >= 0.6 is 0 Å². The van der Waals surface area contributed by atoms with Crippen molar-refractivity contribution in [1.29, 1.82) is 0 Å². The number of likely N-dealkylation sites (N-methyl/N-ethyl adjacent to an activating group) is 2. The van der Waals surface area contributed by atoms with Crippen LogP contribution in [0.25, 0.3) is 0 Å². The summed E-state index contributed by atoms with van der Waals surface area (Å²) in [6, 6.07) is 10.2. The summed E-state index contributed by atoms with van der Waals surface area (Å²) in [6.07, 6.45) is 14.4. The van der Waals surface area contributed by atoms with Crippen LogP contribution in [0, 0.1) is 17.3 Å². The lowest BCUT2D eigenvalue weighted by Gasteiger charge is -2.41. The van der Waals surface area contributed by atoms with Crippen LogP contribution in [-0.2, 0) is 32.3 Å². The molecule has 0 saturated heterocycles. The number of aromatic hydroxyl groups is 1. The first-order valence-electron chi connectivity index (χ1n) is 20.5. The number of aliphatic hydroxyl groups is 2. The Morgan fingerprint density at radius 3 is 2.58 bits per heavy atom. The van der Waals surface area contributed by atoms with Gasteiger partial charge in [0.1, 0.15) is 18.1 Å². The topological polar surface area (TPSA) is 135 Å². The minimum absolute atomic E-state index is 0.00442. The molecular formula is C43H66N4O5. The quantitative estimate of drug-likeness (QED) is 0.0717. The molecule has 52 heavy (non-hydrogen) atoms. The maximum atomic E-state index is 10.9. The van der Waals surface area contributed by atoms with Gasteiger partial charge in [0.2, 0.25) is 0 Å². The SMILES string of the molecule is CCCCc1oc(CCc2ccc(O)c(OCC(NCC)c3cc4c([nH]3)CC3(CCCC3)C3CCCC3C4C(CNC)NCC(C)O)c2)cc1CO. The predicted octanol–water partition coefficient (Wildman–Crippen LogP) is 6.84. The number of unbranched alkanes of at least 4 members (excludes halogenated alkanes) is 1. The summed E-state index contributed by atoms with van der Waals surface area (Å²) in [5.41, 5.74) is 6.30. The Morgan fingerprint density at radius 2 is 1.85 bits per heavy atom. The summed E-state index contributed by atoms with van der Waals surface area (Å²) in [5, 5.41) is 41.9. The standard InChI is InChI=1S/C43H66N4O5/c1-5-7-13-40-30(26-48)21-31(52-40)16-14-29-15-17-39(50)41(20-29)51-27-38(45-6-2)35-22-33-36(47-35)23-43(18-8-9-19-43)34-12-10-11-32(34)42(33)37(25-44-4)46-24-28(3)49/h15,17,20-22,28,32,34,37-38,42,44-50H,5-14,16,18-19,23-27H2,1-4H3. The van der Waals surface area contributed by atoms with E-state index in [1.165, 1.54) is 56.2 Å².